The van der Waals surface area contributed by atoms with E-state index in [1.807, 2.05) is 18.2 Å². The minimum Gasteiger partial charge on any atom is -0.352 e. The fraction of sp³-hybridized carbons (Fsp3) is 0.611. The Morgan fingerprint density at radius 2 is 2.05 bits per heavy atom. The summed E-state index contributed by atoms with van der Waals surface area (Å²) in [5.74, 6) is 1.33. The van der Waals surface area contributed by atoms with Gasteiger partial charge in [0.25, 0.3) is 0 Å². The molecule has 21 heavy (non-hydrogen) atoms. The van der Waals surface area contributed by atoms with E-state index in [1.165, 1.54) is 18.4 Å². The summed E-state index contributed by atoms with van der Waals surface area (Å²) in [5.41, 5.74) is 7.28. The Kier molecular flexibility index (Phi) is 5.80. The second-order valence-electron chi connectivity index (χ2n) is 6.35. The maximum atomic E-state index is 12.2. The first-order valence-corrected chi connectivity index (χ1v) is 8.21. The molecule has 3 N–H and O–H groups in total. The standard InChI is InChI=1S/C18H28N2O/c1-3-15-10-12-17(13(15)2)20-18(21)16(19)11-9-14-7-5-4-6-8-14/h4-8,13,15-17H,3,9-12,19H2,1-2H3,(H,20,21). The van der Waals surface area contributed by atoms with Crippen LogP contribution in [-0.4, -0.2) is 18.0 Å². The number of hydrogen-bond donors (Lipinski definition) is 2. The van der Waals surface area contributed by atoms with E-state index in [0.717, 1.165) is 18.8 Å². The first-order chi connectivity index (χ1) is 10.1. The van der Waals surface area contributed by atoms with Crippen LogP contribution in [0, 0.1) is 11.8 Å². The molecule has 0 radical (unpaired) electrons. The molecule has 0 aliphatic heterocycles. The van der Waals surface area contributed by atoms with Crippen molar-refractivity contribution in [1.82, 2.24) is 5.32 Å². The molecule has 4 atom stereocenters. The first kappa shape index (κ1) is 16.0. The molecule has 0 spiro atoms. The van der Waals surface area contributed by atoms with Crippen molar-refractivity contribution in [2.24, 2.45) is 17.6 Å². The van der Waals surface area contributed by atoms with Gasteiger partial charge in [0.2, 0.25) is 5.91 Å². The third kappa shape index (κ3) is 4.31. The van der Waals surface area contributed by atoms with Crippen LogP contribution in [0.4, 0.5) is 0 Å². The molecule has 1 amide bonds. The molecule has 1 aromatic rings. The lowest BCUT2D eigenvalue weighted by atomic mass is 9.93. The normalized spacial score (nSPS) is 26.5. The van der Waals surface area contributed by atoms with Gasteiger partial charge in [-0.25, -0.2) is 0 Å². The average Bonchev–Trinajstić information content (AvgIpc) is 2.86. The van der Waals surface area contributed by atoms with Crippen LogP contribution in [0.1, 0.15) is 45.1 Å². The van der Waals surface area contributed by atoms with Crippen molar-refractivity contribution < 1.29 is 4.79 Å². The summed E-state index contributed by atoms with van der Waals surface area (Å²) in [6.45, 7) is 4.48. The van der Waals surface area contributed by atoms with E-state index in [9.17, 15) is 4.79 Å². The Morgan fingerprint density at radius 3 is 2.67 bits per heavy atom. The number of carbonyl (C=O) groups excluding carboxylic acids is 1. The molecule has 1 aromatic carbocycles. The zero-order valence-electron chi connectivity index (χ0n) is 13.2. The van der Waals surface area contributed by atoms with Gasteiger partial charge in [-0.15, -0.1) is 0 Å². The molecule has 0 bridgehead atoms. The van der Waals surface area contributed by atoms with Crippen molar-refractivity contribution in [1.29, 1.82) is 0 Å². The van der Waals surface area contributed by atoms with Gasteiger partial charge >= 0.3 is 0 Å². The molecule has 0 heterocycles. The number of benzene rings is 1. The predicted molar refractivity (Wildman–Crippen MR) is 86.8 cm³/mol. The lowest BCUT2D eigenvalue weighted by Crippen LogP contribution is -2.46. The SMILES string of the molecule is CCC1CCC(NC(=O)C(N)CCc2ccccc2)C1C. The maximum absolute atomic E-state index is 12.2. The predicted octanol–water partition coefficient (Wildman–Crippen LogP) is 2.89. The van der Waals surface area contributed by atoms with E-state index >= 15 is 0 Å². The largest absolute Gasteiger partial charge is 0.352 e. The van der Waals surface area contributed by atoms with Gasteiger partial charge in [0, 0.05) is 6.04 Å². The van der Waals surface area contributed by atoms with Gasteiger partial charge in [0.05, 0.1) is 6.04 Å². The van der Waals surface area contributed by atoms with Crippen molar-refractivity contribution in [3.63, 3.8) is 0 Å². The lowest BCUT2D eigenvalue weighted by molar-refractivity contribution is -0.123. The van der Waals surface area contributed by atoms with Crippen molar-refractivity contribution >= 4 is 5.91 Å². The van der Waals surface area contributed by atoms with Crippen LogP contribution in [0.3, 0.4) is 0 Å². The first-order valence-electron chi connectivity index (χ1n) is 8.21. The van der Waals surface area contributed by atoms with E-state index in [2.05, 4.69) is 31.3 Å². The highest BCUT2D eigenvalue weighted by molar-refractivity contribution is 5.81. The summed E-state index contributed by atoms with van der Waals surface area (Å²) in [5, 5.41) is 3.17. The number of nitrogens with two attached hydrogens (primary N) is 1. The van der Waals surface area contributed by atoms with Gasteiger partial charge in [-0.2, -0.15) is 0 Å². The topological polar surface area (TPSA) is 55.1 Å². The summed E-state index contributed by atoms with van der Waals surface area (Å²) in [7, 11) is 0. The van der Waals surface area contributed by atoms with Crippen LogP contribution in [0.25, 0.3) is 0 Å². The Hall–Kier alpha value is -1.35. The molecular weight excluding hydrogens is 260 g/mol. The van der Waals surface area contributed by atoms with E-state index in [4.69, 9.17) is 5.73 Å². The molecule has 3 heteroatoms. The minimum atomic E-state index is -0.405. The molecule has 0 aromatic heterocycles. The fourth-order valence-corrected chi connectivity index (χ4v) is 3.42. The third-order valence-corrected chi connectivity index (χ3v) is 5.00. The summed E-state index contributed by atoms with van der Waals surface area (Å²) < 4.78 is 0. The van der Waals surface area contributed by atoms with E-state index < -0.39 is 6.04 Å². The molecule has 1 saturated carbocycles. The van der Waals surface area contributed by atoms with E-state index in [1.54, 1.807) is 0 Å². The maximum Gasteiger partial charge on any atom is 0.237 e. The van der Waals surface area contributed by atoms with Gasteiger partial charge in [-0.1, -0.05) is 50.6 Å². The van der Waals surface area contributed by atoms with E-state index in [-0.39, 0.29) is 5.91 Å². The Labute approximate surface area is 128 Å². The molecule has 116 valence electrons. The van der Waals surface area contributed by atoms with E-state index in [0.29, 0.717) is 18.4 Å². The smallest absolute Gasteiger partial charge is 0.237 e. The molecule has 1 fully saturated rings. The van der Waals surface area contributed by atoms with Gasteiger partial charge < -0.3 is 11.1 Å². The molecule has 1 aliphatic rings. The van der Waals surface area contributed by atoms with Crippen LogP contribution in [-0.2, 0) is 11.2 Å². The highest BCUT2D eigenvalue weighted by Crippen LogP contribution is 2.33. The summed E-state index contributed by atoms with van der Waals surface area (Å²) in [6.07, 6.45) is 5.08. The summed E-state index contributed by atoms with van der Waals surface area (Å²) in [4.78, 5) is 12.2. The van der Waals surface area contributed by atoms with Gasteiger partial charge in [-0.05, 0) is 43.1 Å². The van der Waals surface area contributed by atoms with Crippen LogP contribution in [0.5, 0.6) is 0 Å². The summed E-state index contributed by atoms with van der Waals surface area (Å²) >= 11 is 0. The van der Waals surface area contributed by atoms with Crippen LogP contribution < -0.4 is 11.1 Å². The Morgan fingerprint density at radius 1 is 1.33 bits per heavy atom. The van der Waals surface area contributed by atoms with Gasteiger partial charge in [-0.3, -0.25) is 4.79 Å². The zero-order valence-corrected chi connectivity index (χ0v) is 13.2. The number of carbonyl (C=O) groups is 1. The van der Waals surface area contributed by atoms with Crippen molar-refractivity contribution in [2.75, 3.05) is 0 Å². The fourth-order valence-electron chi connectivity index (χ4n) is 3.42. The molecule has 0 saturated heterocycles. The molecule has 3 nitrogen and oxygen atoms in total. The average molecular weight is 288 g/mol. The summed E-state index contributed by atoms with van der Waals surface area (Å²) in [6, 6.07) is 10.1. The molecular formula is C18H28N2O. The van der Waals surface area contributed by atoms with Crippen LogP contribution in [0.2, 0.25) is 0 Å². The van der Waals surface area contributed by atoms with Crippen molar-refractivity contribution in [2.45, 2.75) is 58.0 Å². The van der Waals surface area contributed by atoms with Crippen LogP contribution >= 0.6 is 0 Å². The number of rotatable bonds is 6. The highest BCUT2D eigenvalue weighted by Gasteiger charge is 2.33. The second-order valence-corrected chi connectivity index (χ2v) is 6.35. The minimum absolute atomic E-state index is 0.0135. The van der Waals surface area contributed by atoms with Crippen LogP contribution in [0.15, 0.2) is 30.3 Å². The van der Waals surface area contributed by atoms with Crippen molar-refractivity contribution in [3.05, 3.63) is 35.9 Å². The quantitative estimate of drug-likeness (QED) is 0.845. The lowest BCUT2D eigenvalue weighted by Gasteiger charge is -2.22. The van der Waals surface area contributed by atoms with Crippen molar-refractivity contribution in [3.8, 4) is 0 Å². The number of aryl methyl sites for hydroxylation is 1. The monoisotopic (exact) mass is 288 g/mol. The second kappa shape index (κ2) is 7.60. The Bertz CT molecular complexity index is 446. The Balaban J connectivity index is 1.78. The number of nitrogens with one attached hydrogen (secondary N) is 1. The third-order valence-electron chi connectivity index (χ3n) is 5.00. The molecule has 2 rings (SSSR count). The zero-order chi connectivity index (χ0) is 15.2. The van der Waals surface area contributed by atoms with Gasteiger partial charge in [0.15, 0.2) is 0 Å². The number of hydrogen-bond acceptors (Lipinski definition) is 2. The van der Waals surface area contributed by atoms with Gasteiger partial charge in [0.1, 0.15) is 0 Å². The highest BCUT2D eigenvalue weighted by atomic mass is 16.2. The number of amides is 1. The molecule has 1 aliphatic carbocycles. The molecule has 4 unspecified atom stereocenters.